The van der Waals surface area contributed by atoms with Crippen molar-refractivity contribution in [1.29, 1.82) is 0 Å². The number of halogens is 1. The number of anilines is 1. The number of aryl methyl sites for hydroxylation is 1. The van der Waals surface area contributed by atoms with E-state index < -0.39 is 0 Å². The Morgan fingerprint density at radius 1 is 1.44 bits per heavy atom. The smallest absolute Gasteiger partial charge is 0.137 e. The van der Waals surface area contributed by atoms with Gasteiger partial charge in [0.25, 0.3) is 0 Å². The molecule has 100 valence electrons. The van der Waals surface area contributed by atoms with Crippen molar-refractivity contribution in [2.24, 2.45) is 0 Å². The van der Waals surface area contributed by atoms with Crippen molar-refractivity contribution in [3.05, 3.63) is 16.5 Å². The van der Waals surface area contributed by atoms with Crippen molar-refractivity contribution in [1.82, 2.24) is 14.9 Å². The van der Waals surface area contributed by atoms with Gasteiger partial charge in [0.05, 0.1) is 0 Å². The molecule has 0 aromatic carbocycles. The largest absolute Gasteiger partial charge is 0.366 e. The summed E-state index contributed by atoms with van der Waals surface area (Å²) in [7, 11) is 2.16. The quantitative estimate of drug-likeness (QED) is 0.856. The maximum Gasteiger partial charge on any atom is 0.137 e. The van der Waals surface area contributed by atoms with Crippen LogP contribution in [0.2, 0.25) is 5.15 Å². The highest BCUT2D eigenvalue weighted by molar-refractivity contribution is 6.30. The fourth-order valence-electron chi connectivity index (χ4n) is 2.31. The molecule has 4 nitrogen and oxygen atoms in total. The Bertz CT molecular complexity index is 422. The van der Waals surface area contributed by atoms with E-state index in [1.165, 1.54) is 19.4 Å². The average molecular weight is 269 g/mol. The summed E-state index contributed by atoms with van der Waals surface area (Å²) in [6.07, 6.45) is 3.22. The zero-order chi connectivity index (χ0) is 13.1. The molecule has 2 heterocycles. The minimum atomic E-state index is 0.457. The van der Waals surface area contributed by atoms with Gasteiger partial charge in [0.2, 0.25) is 0 Å². The Balaban J connectivity index is 2.14. The van der Waals surface area contributed by atoms with Gasteiger partial charge in [-0.3, -0.25) is 0 Å². The Hall–Kier alpha value is -0.870. The molecule has 0 aliphatic carbocycles. The second-order valence-electron chi connectivity index (χ2n) is 5.00. The number of rotatable bonds is 3. The molecule has 0 saturated carbocycles. The Kier molecular flexibility index (Phi) is 4.40. The van der Waals surface area contributed by atoms with E-state index in [1.807, 2.05) is 13.8 Å². The second kappa shape index (κ2) is 5.85. The van der Waals surface area contributed by atoms with Crippen LogP contribution in [0.1, 0.15) is 31.2 Å². The number of hydrogen-bond donors (Lipinski definition) is 1. The predicted octanol–water partition coefficient (Wildman–Crippen LogP) is 2.51. The first-order valence-electron chi connectivity index (χ1n) is 6.58. The van der Waals surface area contributed by atoms with E-state index in [2.05, 4.69) is 27.2 Å². The molecule has 1 aromatic rings. The van der Waals surface area contributed by atoms with Crippen LogP contribution in [0, 0.1) is 6.92 Å². The van der Waals surface area contributed by atoms with E-state index in [1.54, 1.807) is 0 Å². The van der Waals surface area contributed by atoms with E-state index >= 15 is 0 Å². The van der Waals surface area contributed by atoms with Gasteiger partial charge in [-0.2, -0.15) is 0 Å². The summed E-state index contributed by atoms with van der Waals surface area (Å²) in [4.78, 5) is 11.2. The first-order valence-corrected chi connectivity index (χ1v) is 6.96. The molecule has 1 aromatic heterocycles. The highest BCUT2D eigenvalue weighted by Gasteiger charge is 2.19. The van der Waals surface area contributed by atoms with Crippen molar-refractivity contribution < 1.29 is 0 Å². The van der Waals surface area contributed by atoms with Crippen LogP contribution in [0.3, 0.4) is 0 Å². The van der Waals surface area contributed by atoms with Gasteiger partial charge in [0.1, 0.15) is 16.8 Å². The molecule has 1 aliphatic heterocycles. The molecule has 0 radical (unpaired) electrons. The number of aromatic nitrogens is 2. The number of nitrogens with one attached hydrogen (secondary N) is 1. The van der Waals surface area contributed by atoms with E-state index in [0.717, 1.165) is 30.2 Å². The lowest BCUT2D eigenvalue weighted by atomic mass is 10.1. The van der Waals surface area contributed by atoms with Gasteiger partial charge in [0.15, 0.2) is 0 Å². The number of likely N-dealkylation sites (N-methyl/N-ethyl adjacent to an activating group) is 1. The molecule has 0 bridgehead atoms. The number of nitrogens with zero attached hydrogens (tertiary/aromatic N) is 3. The number of hydrogen-bond acceptors (Lipinski definition) is 4. The number of piperidine rings is 1. The Morgan fingerprint density at radius 2 is 2.22 bits per heavy atom. The third-order valence-electron chi connectivity index (χ3n) is 3.41. The van der Waals surface area contributed by atoms with E-state index in [9.17, 15) is 0 Å². The lowest BCUT2D eigenvalue weighted by Gasteiger charge is -2.31. The van der Waals surface area contributed by atoms with E-state index in [4.69, 9.17) is 11.6 Å². The molecule has 1 atom stereocenters. The highest BCUT2D eigenvalue weighted by atomic mass is 35.5. The fourth-order valence-corrected chi connectivity index (χ4v) is 2.50. The van der Waals surface area contributed by atoms with Crippen LogP contribution < -0.4 is 5.32 Å². The van der Waals surface area contributed by atoms with Crippen molar-refractivity contribution in [2.75, 3.05) is 25.5 Å². The maximum atomic E-state index is 6.14. The van der Waals surface area contributed by atoms with Gasteiger partial charge in [-0.25, -0.2) is 9.97 Å². The molecule has 1 fully saturated rings. The summed E-state index contributed by atoms with van der Waals surface area (Å²) in [5, 5.41) is 4.08. The molecule has 1 N–H and O–H groups in total. The van der Waals surface area contributed by atoms with Crippen molar-refractivity contribution >= 4 is 17.4 Å². The lowest BCUT2D eigenvalue weighted by molar-refractivity contribution is 0.260. The van der Waals surface area contributed by atoms with Crippen LogP contribution in [0.4, 0.5) is 5.82 Å². The molecule has 2 rings (SSSR count). The molecule has 1 unspecified atom stereocenters. The van der Waals surface area contributed by atoms with Crippen LogP contribution in [0.25, 0.3) is 0 Å². The van der Waals surface area contributed by atoms with Gasteiger partial charge in [0, 0.05) is 24.6 Å². The molecule has 5 heteroatoms. The Labute approximate surface area is 114 Å². The lowest BCUT2D eigenvalue weighted by Crippen LogP contribution is -2.40. The minimum absolute atomic E-state index is 0.457. The summed E-state index contributed by atoms with van der Waals surface area (Å²) in [5.74, 6) is 1.70. The van der Waals surface area contributed by atoms with Gasteiger partial charge >= 0.3 is 0 Å². The zero-order valence-electron chi connectivity index (χ0n) is 11.3. The summed E-state index contributed by atoms with van der Waals surface area (Å²) in [6, 6.07) is 0.457. The molecule has 1 aliphatic rings. The molecule has 0 amide bonds. The first kappa shape index (κ1) is 13.6. The summed E-state index contributed by atoms with van der Waals surface area (Å²) in [6.45, 7) is 6.25. The third kappa shape index (κ3) is 3.12. The molecule has 0 spiro atoms. The van der Waals surface area contributed by atoms with Gasteiger partial charge < -0.3 is 10.2 Å². The summed E-state index contributed by atoms with van der Waals surface area (Å²) < 4.78 is 0. The van der Waals surface area contributed by atoms with Gasteiger partial charge in [-0.15, -0.1) is 0 Å². The van der Waals surface area contributed by atoms with Crippen LogP contribution in [-0.2, 0) is 6.42 Å². The van der Waals surface area contributed by atoms with E-state index in [-0.39, 0.29) is 0 Å². The molecule has 1 saturated heterocycles. The average Bonchev–Trinajstić information content (AvgIpc) is 2.34. The van der Waals surface area contributed by atoms with Crippen molar-refractivity contribution in [2.45, 2.75) is 39.2 Å². The zero-order valence-corrected chi connectivity index (χ0v) is 12.1. The topological polar surface area (TPSA) is 41.1 Å². The SMILES string of the molecule is CCc1nc(Cl)c(C)c(NC2CCCN(C)C2)n1. The third-order valence-corrected chi connectivity index (χ3v) is 3.78. The Morgan fingerprint density at radius 3 is 2.89 bits per heavy atom. The predicted molar refractivity (Wildman–Crippen MR) is 75.3 cm³/mol. The standard InChI is InChI=1S/C13H21ClN4/c1-4-11-16-12(14)9(2)13(17-11)15-10-6-5-7-18(3)8-10/h10H,4-8H2,1-3H3,(H,15,16,17). The second-order valence-corrected chi connectivity index (χ2v) is 5.36. The van der Waals surface area contributed by atoms with Crippen molar-refractivity contribution in [3.8, 4) is 0 Å². The van der Waals surface area contributed by atoms with Crippen molar-refractivity contribution in [3.63, 3.8) is 0 Å². The van der Waals surface area contributed by atoms with E-state index in [0.29, 0.717) is 11.2 Å². The molecular weight excluding hydrogens is 248 g/mol. The summed E-state index contributed by atoms with van der Waals surface area (Å²) >= 11 is 6.14. The number of likely N-dealkylation sites (tertiary alicyclic amines) is 1. The monoisotopic (exact) mass is 268 g/mol. The molecular formula is C13H21ClN4. The van der Waals surface area contributed by atoms with Gasteiger partial charge in [-0.1, -0.05) is 18.5 Å². The minimum Gasteiger partial charge on any atom is -0.366 e. The van der Waals surface area contributed by atoms with Crippen LogP contribution in [0.15, 0.2) is 0 Å². The van der Waals surface area contributed by atoms with Crippen LogP contribution >= 0.6 is 11.6 Å². The first-order chi connectivity index (χ1) is 8.60. The fraction of sp³-hybridized carbons (Fsp3) is 0.692. The van der Waals surface area contributed by atoms with Gasteiger partial charge in [-0.05, 0) is 33.4 Å². The summed E-state index contributed by atoms with van der Waals surface area (Å²) in [5.41, 5.74) is 0.946. The molecule has 18 heavy (non-hydrogen) atoms. The van der Waals surface area contributed by atoms with Crippen LogP contribution in [0.5, 0.6) is 0 Å². The maximum absolute atomic E-state index is 6.14. The van der Waals surface area contributed by atoms with Crippen LogP contribution in [-0.4, -0.2) is 41.0 Å². The highest BCUT2D eigenvalue weighted by Crippen LogP contribution is 2.22. The normalized spacial score (nSPS) is 21.0.